The number of nitrogens with zero attached hydrogens (tertiary/aromatic N) is 1. The van der Waals surface area contributed by atoms with Gasteiger partial charge in [-0.25, -0.2) is 4.98 Å². The van der Waals surface area contributed by atoms with E-state index in [1.807, 2.05) is 12.3 Å². The average molecular weight is 572 g/mol. The van der Waals surface area contributed by atoms with E-state index in [0.717, 1.165) is 56.0 Å². The molecular formula is C37H41N5O. The normalized spacial score (nSPS) is 22.3. The first-order valence-corrected chi connectivity index (χ1v) is 16.4. The van der Waals surface area contributed by atoms with Crippen LogP contribution in [-0.4, -0.2) is 35.0 Å². The first-order valence-electron chi connectivity index (χ1n) is 16.4. The molecule has 1 saturated carbocycles. The summed E-state index contributed by atoms with van der Waals surface area (Å²) in [7, 11) is 0. The Morgan fingerprint density at radius 1 is 0.814 bits per heavy atom. The van der Waals surface area contributed by atoms with E-state index in [2.05, 4.69) is 80.5 Å². The fraction of sp³-hybridized carbons (Fsp3) is 0.405. The van der Waals surface area contributed by atoms with Gasteiger partial charge in [0.1, 0.15) is 5.82 Å². The van der Waals surface area contributed by atoms with Gasteiger partial charge in [-0.1, -0.05) is 61.4 Å². The van der Waals surface area contributed by atoms with Gasteiger partial charge in [0.2, 0.25) is 5.91 Å². The van der Waals surface area contributed by atoms with Gasteiger partial charge < -0.3 is 20.9 Å². The first-order chi connectivity index (χ1) is 21.2. The fourth-order valence-electron chi connectivity index (χ4n) is 8.38. The topological polar surface area (TPSA) is 81.8 Å². The Hall–Kier alpha value is -3.74. The van der Waals surface area contributed by atoms with Gasteiger partial charge >= 0.3 is 0 Å². The van der Waals surface area contributed by atoms with E-state index in [1.54, 1.807) is 5.56 Å². The number of rotatable bonds is 6. The van der Waals surface area contributed by atoms with Crippen LogP contribution in [0.2, 0.25) is 0 Å². The molecule has 3 heterocycles. The van der Waals surface area contributed by atoms with Gasteiger partial charge in [-0.15, -0.1) is 0 Å². The largest absolute Gasteiger partial charge is 0.341 e. The number of aromatic nitrogens is 2. The van der Waals surface area contributed by atoms with E-state index in [0.29, 0.717) is 6.04 Å². The lowest BCUT2D eigenvalue weighted by molar-refractivity contribution is -0.117. The molecule has 0 radical (unpaired) electrons. The van der Waals surface area contributed by atoms with Crippen LogP contribution in [0.15, 0.2) is 66.9 Å². The number of benzene rings is 3. The zero-order valence-electron chi connectivity index (χ0n) is 24.8. The zero-order chi connectivity index (χ0) is 28.8. The molecule has 3 fully saturated rings. The summed E-state index contributed by atoms with van der Waals surface area (Å²) in [5.74, 6) is 1.12. The minimum atomic E-state index is -0.0829. The van der Waals surface area contributed by atoms with Gasteiger partial charge in [-0.05, 0) is 121 Å². The number of fused-ring (bicyclic) bond motifs is 2. The van der Waals surface area contributed by atoms with Crippen molar-refractivity contribution < 1.29 is 4.79 Å². The number of carbonyl (C=O) groups excluding carboxylic acids is 1. The minimum Gasteiger partial charge on any atom is -0.341 e. The summed E-state index contributed by atoms with van der Waals surface area (Å²) in [6.07, 6.45) is 13.8. The molecule has 4 aliphatic rings. The van der Waals surface area contributed by atoms with E-state index < -0.39 is 0 Å². The van der Waals surface area contributed by atoms with Gasteiger partial charge in [0.25, 0.3) is 0 Å². The van der Waals surface area contributed by atoms with Crippen LogP contribution in [0.25, 0.3) is 33.5 Å². The molecule has 220 valence electrons. The van der Waals surface area contributed by atoms with E-state index in [-0.39, 0.29) is 17.4 Å². The molecule has 4 N–H and O–H groups in total. The maximum absolute atomic E-state index is 12.8. The van der Waals surface area contributed by atoms with E-state index in [9.17, 15) is 4.79 Å². The number of amides is 1. The average Bonchev–Trinajstić information content (AvgIpc) is 3.89. The van der Waals surface area contributed by atoms with Gasteiger partial charge in [-0.2, -0.15) is 0 Å². The molecule has 1 spiro atoms. The number of hydrogen-bond donors (Lipinski definition) is 4. The summed E-state index contributed by atoms with van der Waals surface area (Å²) in [5.41, 5.74) is 11.7. The highest BCUT2D eigenvalue weighted by atomic mass is 16.2. The summed E-state index contributed by atoms with van der Waals surface area (Å²) >= 11 is 0. The van der Waals surface area contributed by atoms with Crippen molar-refractivity contribution in [2.75, 3.05) is 18.4 Å². The van der Waals surface area contributed by atoms with E-state index in [4.69, 9.17) is 0 Å². The molecule has 2 saturated heterocycles. The summed E-state index contributed by atoms with van der Waals surface area (Å²) in [4.78, 5) is 21.1. The fourth-order valence-corrected chi connectivity index (χ4v) is 8.38. The van der Waals surface area contributed by atoms with Crippen LogP contribution in [0.5, 0.6) is 0 Å². The molecule has 2 aliphatic heterocycles. The summed E-state index contributed by atoms with van der Waals surface area (Å²) in [5, 5.41) is 10.0. The third kappa shape index (κ3) is 4.91. The number of nitrogens with one attached hydrogen (secondary N) is 4. The number of carbonyl (C=O) groups is 1. The first kappa shape index (κ1) is 26.9. The second kappa shape index (κ2) is 11.1. The second-order valence-corrected chi connectivity index (χ2v) is 13.1. The van der Waals surface area contributed by atoms with Crippen molar-refractivity contribution in [1.82, 2.24) is 20.6 Å². The van der Waals surface area contributed by atoms with Crippen molar-refractivity contribution in [3.63, 3.8) is 0 Å². The van der Waals surface area contributed by atoms with Crippen LogP contribution in [0, 0.1) is 0 Å². The second-order valence-electron chi connectivity index (χ2n) is 13.1. The van der Waals surface area contributed by atoms with Crippen LogP contribution in [0.4, 0.5) is 5.69 Å². The Balaban J connectivity index is 1.12. The third-order valence-electron chi connectivity index (χ3n) is 10.6. The molecule has 1 aromatic heterocycles. The van der Waals surface area contributed by atoms with E-state index in [1.165, 1.54) is 71.9 Å². The smallest absolute Gasteiger partial charge is 0.241 e. The Morgan fingerprint density at radius 2 is 1.60 bits per heavy atom. The standard InChI is InChI=1S/C37H41N5O/c43-36(32-9-5-21-39-32)41-27-7-3-6-26(22-27)28-14-15-29(34-30(28)16-19-37(34)17-1-2-18-37)24-10-12-25(13-11-24)33-23-40-35(42-33)31-8-4-20-38-31/h3,6-7,10-15,22-23,31-32,38-39H,1-2,4-5,8-9,16-21H2,(H,40,42)(H,41,43). The van der Waals surface area contributed by atoms with Crippen molar-refractivity contribution in [1.29, 1.82) is 0 Å². The van der Waals surface area contributed by atoms with Gasteiger partial charge in [-0.3, -0.25) is 4.79 Å². The SMILES string of the molecule is O=C(Nc1cccc(-c2ccc(-c3ccc(-c4cnc(C5CCCN5)[nH]4)cc3)c3c2CCC32CCCC2)c1)C1CCCN1. The molecule has 2 atom stereocenters. The number of anilines is 1. The van der Waals surface area contributed by atoms with Crippen LogP contribution in [0.3, 0.4) is 0 Å². The summed E-state index contributed by atoms with van der Waals surface area (Å²) in [6, 6.07) is 22.5. The summed E-state index contributed by atoms with van der Waals surface area (Å²) < 4.78 is 0. The Bertz CT molecular complexity index is 1640. The third-order valence-corrected chi connectivity index (χ3v) is 10.6. The van der Waals surface area contributed by atoms with Crippen LogP contribution >= 0.6 is 0 Å². The van der Waals surface area contributed by atoms with Crippen molar-refractivity contribution in [3.05, 3.63) is 83.8 Å². The van der Waals surface area contributed by atoms with Crippen molar-refractivity contribution in [2.45, 2.75) is 81.7 Å². The Morgan fingerprint density at radius 3 is 2.40 bits per heavy atom. The molecule has 43 heavy (non-hydrogen) atoms. The monoisotopic (exact) mass is 571 g/mol. The van der Waals surface area contributed by atoms with Crippen molar-refractivity contribution in [2.24, 2.45) is 0 Å². The molecular weight excluding hydrogens is 530 g/mol. The molecule has 8 rings (SSSR count). The number of H-pyrrole nitrogens is 1. The van der Waals surface area contributed by atoms with Gasteiger partial charge in [0.05, 0.1) is 24.0 Å². The molecule has 1 amide bonds. The highest BCUT2D eigenvalue weighted by Gasteiger charge is 2.43. The highest BCUT2D eigenvalue weighted by molar-refractivity contribution is 5.95. The predicted octanol–water partition coefficient (Wildman–Crippen LogP) is 7.28. The van der Waals surface area contributed by atoms with Crippen molar-refractivity contribution >= 4 is 11.6 Å². The maximum Gasteiger partial charge on any atom is 0.241 e. The molecule has 6 heteroatoms. The summed E-state index contributed by atoms with van der Waals surface area (Å²) in [6.45, 7) is 1.99. The number of aromatic amines is 1. The molecule has 2 aliphatic carbocycles. The molecule has 0 bridgehead atoms. The van der Waals surface area contributed by atoms with Crippen LogP contribution in [-0.2, 0) is 16.6 Å². The number of hydrogen-bond acceptors (Lipinski definition) is 4. The lowest BCUT2D eigenvalue weighted by Gasteiger charge is -2.28. The Labute approximate surface area is 254 Å². The Kier molecular flexibility index (Phi) is 6.92. The lowest BCUT2D eigenvalue weighted by atomic mass is 9.76. The molecule has 2 unspecified atom stereocenters. The van der Waals surface area contributed by atoms with Gasteiger partial charge in [0.15, 0.2) is 0 Å². The minimum absolute atomic E-state index is 0.0742. The number of imidazole rings is 1. The van der Waals surface area contributed by atoms with Gasteiger partial charge in [0, 0.05) is 5.69 Å². The highest BCUT2D eigenvalue weighted by Crippen LogP contribution is 2.55. The predicted molar refractivity (Wildman–Crippen MR) is 173 cm³/mol. The zero-order valence-corrected chi connectivity index (χ0v) is 24.8. The van der Waals surface area contributed by atoms with Crippen LogP contribution in [0.1, 0.15) is 80.8 Å². The molecule has 3 aromatic carbocycles. The van der Waals surface area contributed by atoms with Crippen LogP contribution < -0.4 is 16.0 Å². The molecule has 4 aromatic rings. The quantitative estimate of drug-likeness (QED) is 0.196. The molecule has 6 nitrogen and oxygen atoms in total. The lowest BCUT2D eigenvalue weighted by Crippen LogP contribution is -2.35. The maximum atomic E-state index is 12.8. The van der Waals surface area contributed by atoms with Crippen molar-refractivity contribution in [3.8, 4) is 33.5 Å². The van der Waals surface area contributed by atoms with E-state index >= 15 is 0 Å².